The van der Waals surface area contributed by atoms with Crippen LogP contribution >= 0.6 is 112 Å². The van der Waals surface area contributed by atoms with Crippen LogP contribution in [0, 0.1) is 0 Å². The Balaban J connectivity index is 3.04. The number of rotatable bonds is 0. The van der Waals surface area contributed by atoms with E-state index in [0.717, 1.165) is 12.8 Å². The highest BCUT2D eigenvalue weighted by atomic mass is 79.9. The van der Waals surface area contributed by atoms with E-state index in [4.69, 9.17) is 0 Å². The van der Waals surface area contributed by atoms with Gasteiger partial charge in [-0.2, -0.15) is 0 Å². The molecule has 1 aliphatic carbocycles. The maximum absolute atomic E-state index is 3.82. The third-order valence-electron chi connectivity index (χ3n) is 2.97. The Kier molecular flexibility index (Phi) is 7.67. The normalized spacial score (nSPS) is 33.0. The summed E-state index contributed by atoms with van der Waals surface area (Å²) >= 11 is 26.7. The minimum atomic E-state index is -0.356. The van der Waals surface area contributed by atoms with Crippen LogP contribution in [-0.2, 0) is 0 Å². The van der Waals surface area contributed by atoms with Crippen molar-refractivity contribution < 1.29 is 0 Å². The first kappa shape index (κ1) is 18.4. The van der Waals surface area contributed by atoms with Crippen molar-refractivity contribution in [2.75, 3.05) is 0 Å². The fraction of sp³-hybridized carbons (Fsp3) is 1.00. The van der Waals surface area contributed by atoms with Crippen molar-refractivity contribution in [1.29, 1.82) is 0 Å². The minimum absolute atomic E-state index is 0.219. The molecule has 0 aromatic carbocycles. The molecule has 1 rings (SSSR count). The van der Waals surface area contributed by atoms with E-state index in [1.165, 1.54) is 25.7 Å². The van der Waals surface area contributed by atoms with Crippen molar-refractivity contribution in [3.8, 4) is 0 Å². The van der Waals surface area contributed by atoms with E-state index in [9.17, 15) is 0 Å². The van der Waals surface area contributed by atoms with Gasteiger partial charge in [0.2, 0.25) is 0 Å². The molecule has 0 aromatic heterocycles. The molecule has 0 nitrogen and oxygen atoms in total. The predicted molar refractivity (Wildman–Crippen MR) is 102 cm³/mol. The maximum atomic E-state index is 3.82. The van der Waals surface area contributed by atoms with Gasteiger partial charge >= 0.3 is 0 Å². The maximum Gasteiger partial charge on any atom is 0.131 e. The molecular weight excluding hydrogens is 679 g/mol. The quantitative estimate of drug-likeness (QED) is 0.230. The van der Waals surface area contributed by atoms with Crippen LogP contribution in [0.1, 0.15) is 38.5 Å². The molecule has 0 N–H and O–H groups in total. The van der Waals surface area contributed by atoms with Crippen LogP contribution in [0.4, 0.5) is 0 Å². The Morgan fingerprint density at radius 3 is 1.88 bits per heavy atom. The predicted octanol–water partition coefficient (Wildman–Crippen LogP) is 7.56. The Labute approximate surface area is 162 Å². The number of halogens is 7. The van der Waals surface area contributed by atoms with Gasteiger partial charge < -0.3 is 0 Å². The van der Waals surface area contributed by atoms with Gasteiger partial charge in [-0.05, 0) is 12.8 Å². The first-order valence-corrected chi connectivity index (χ1v) is 11.1. The standard InChI is InChI=1S/C10H13Br7/c11-7-5-3-1-2-4-6-8(12,13)10(16,17)9(7,14)15/h7H,1-6H2. The van der Waals surface area contributed by atoms with Crippen molar-refractivity contribution in [2.45, 2.75) is 53.1 Å². The lowest BCUT2D eigenvalue weighted by molar-refractivity contribution is 0.511. The molecule has 1 aliphatic rings. The van der Waals surface area contributed by atoms with Crippen molar-refractivity contribution in [3.63, 3.8) is 0 Å². The van der Waals surface area contributed by atoms with Gasteiger partial charge in [0.05, 0.1) is 0 Å². The topological polar surface area (TPSA) is 0 Å². The zero-order valence-corrected chi connectivity index (χ0v) is 20.1. The van der Waals surface area contributed by atoms with E-state index in [-0.39, 0.29) is 9.70 Å². The molecule has 0 radical (unpaired) electrons. The van der Waals surface area contributed by atoms with Crippen molar-refractivity contribution in [2.24, 2.45) is 0 Å². The Morgan fingerprint density at radius 2 is 1.29 bits per heavy atom. The summed E-state index contributed by atoms with van der Waals surface area (Å²) in [5, 5.41) is 0. The molecular formula is C10H13Br7. The van der Waals surface area contributed by atoms with E-state index in [0.29, 0.717) is 4.83 Å². The first-order chi connectivity index (χ1) is 7.63. The molecule has 0 saturated heterocycles. The molecule has 0 spiro atoms. The van der Waals surface area contributed by atoms with Crippen LogP contribution < -0.4 is 0 Å². The average molecular weight is 693 g/mol. The first-order valence-electron chi connectivity index (χ1n) is 5.40. The molecule has 0 bridgehead atoms. The number of alkyl halides is 7. The van der Waals surface area contributed by atoms with Crippen LogP contribution in [0.5, 0.6) is 0 Å². The van der Waals surface area contributed by atoms with E-state index in [2.05, 4.69) is 112 Å². The lowest BCUT2D eigenvalue weighted by atomic mass is 10.0. The summed E-state index contributed by atoms with van der Waals surface area (Å²) in [6, 6.07) is 0. The highest BCUT2D eigenvalue weighted by molar-refractivity contribution is 9.33. The molecule has 7 heteroatoms. The zero-order chi connectivity index (χ0) is 13.3. The van der Waals surface area contributed by atoms with Gasteiger partial charge in [-0.1, -0.05) is 137 Å². The fourth-order valence-electron chi connectivity index (χ4n) is 1.80. The summed E-state index contributed by atoms with van der Waals surface area (Å²) in [6.45, 7) is 0. The van der Waals surface area contributed by atoms with E-state index < -0.39 is 0 Å². The molecule has 17 heavy (non-hydrogen) atoms. The largest absolute Gasteiger partial charge is 0.131 e. The van der Waals surface area contributed by atoms with E-state index in [1.807, 2.05) is 0 Å². The van der Waals surface area contributed by atoms with Crippen LogP contribution in [-0.4, -0.2) is 14.5 Å². The second-order valence-corrected chi connectivity index (χ2v) is 16.2. The van der Waals surface area contributed by atoms with E-state index in [1.54, 1.807) is 0 Å². The monoisotopic (exact) mass is 686 g/mol. The Bertz CT molecular complexity index is 261. The smallest absolute Gasteiger partial charge is 0.0865 e. The van der Waals surface area contributed by atoms with Crippen LogP contribution in [0.2, 0.25) is 0 Å². The molecule has 1 fully saturated rings. The third kappa shape index (κ3) is 4.18. The summed E-state index contributed by atoms with van der Waals surface area (Å²) < 4.78 is -0.869. The lowest BCUT2D eigenvalue weighted by Gasteiger charge is -2.46. The zero-order valence-electron chi connectivity index (χ0n) is 8.97. The van der Waals surface area contributed by atoms with Gasteiger partial charge in [0, 0.05) is 4.83 Å². The molecule has 102 valence electrons. The Morgan fingerprint density at radius 1 is 0.765 bits per heavy atom. The third-order valence-corrected chi connectivity index (χ3v) is 16.5. The lowest BCUT2D eigenvalue weighted by Crippen LogP contribution is -2.52. The molecule has 1 saturated carbocycles. The number of hydrogen-bond acceptors (Lipinski definition) is 0. The van der Waals surface area contributed by atoms with Crippen LogP contribution in [0.15, 0.2) is 0 Å². The highest BCUT2D eigenvalue weighted by Crippen LogP contribution is 2.64. The van der Waals surface area contributed by atoms with Crippen molar-refractivity contribution in [1.82, 2.24) is 0 Å². The summed E-state index contributed by atoms with van der Waals surface area (Å²) in [7, 11) is 0. The van der Waals surface area contributed by atoms with Gasteiger partial charge in [-0.25, -0.2) is 0 Å². The molecule has 0 aliphatic heterocycles. The van der Waals surface area contributed by atoms with Crippen LogP contribution in [0.25, 0.3) is 0 Å². The summed E-state index contributed by atoms with van der Waals surface area (Å²) in [6.07, 6.45) is 7.22. The minimum Gasteiger partial charge on any atom is -0.0865 e. The second-order valence-electron chi connectivity index (χ2n) is 4.32. The van der Waals surface area contributed by atoms with Gasteiger partial charge in [0.1, 0.15) is 9.70 Å². The molecule has 1 atom stereocenters. The molecule has 0 heterocycles. The fourth-order valence-corrected chi connectivity index (χ4v) is 7.42. The molecule has 0 aromatic rings. The molecule has 0 amide bonds. The number of hydrogen-bond donors (Lipinski definition) is 0. The van der Waals surface area contributed by atoms with Crippen molar-refractivity contribution in [3.05, 3.63) is 0 Å². The molecule has 1 unspecified atom stereocenters. The van der Waals surface area contributed by atoms with E-state index >= 15 is 0 Å². The second kappa shape index (κ2) is 7.08. The Hall–Kier alpha value is 3.36. The summed E-state index contributed by atoms with van der Waals surface area (Å²) in [5.41, 5.74) is 0. The highest BCUT2D eigenvalue weighted by Gasteiger charge is 2.59. The van der Waals surface area contributed by atoms with Gasteiger partial charge in [0.15, 0.2) is 0 Å². The summed E-state index contributed by atoms with van der Waals surface area (Å²) in [4.78, 5) is 0.321. The average Bonchev–Trinajstić information content (AvgIpc) is 2.20. The van der Waals surface area contributed by atoms with Gasteiger partial charge in [-0.3, -0.25) is 0 Å². The van der Waals surface area contributed by atoms with Gasteiger partial charge in [-0.15, -0.1) is 0 Å². The van der Waals surface area contributed by atoms with Gasteiger partial charge in [0.25, 0.3) is 0 Å². The van der Waals surface area contributed by atoms with Crippen LogP contribution in [0.3, 0.4) is 0 Å². The van der Waals surface area contributed by atoms with Crippen molar-refractivity contribution >= 4 is 112 Å². The summed E-state index contributed by atoms with van der Waals surface area (Å²) in [5.74, 6) is 0. The SMILES string of the molecule is BrC1CCCCCCC(Br)(Br)C(Br)(Br)C1(Br)Br.